The van der Waals surface area contributed by atoms with E-state index >= 15 is 0 Å². The van der Waals surface area contributed by atoms with Crippen LogP contribution in [0.3, 0.4) is 0 Å². The minimum Gasteiger partial charge on any atom is -0.456 e. The van der Waals surface area contributed by atoms with Crippen LogP contribution in [0.25, 0.3) is 172 Å². The number of pyridine rings is 2. The van der Waals surface area contributed by atoms with Crippen LogP contribution in [-0.2, 0) is 0 Å². The highest BCUT2D eigenvalue weighted by Crippen LogP contribution is 2.50. The Kier molecular flexibility index (Phi) is 6.54. The van der Waals surface area contributed by atoms with E-state index in [1.807, 2.05) is 28.7 Å². The monoisotopic (exact) mass is 926 g/mol. The Bertz CT molecular complexity index is 5450. The Morgan fingerprint density at radius 1 is 0.357 bits per heavy atom. The maximum Gasteiger partial charge on any atom is 0.160 e. The van der Waals surface area contributed by atoms with Crippen LogP contribution >= 0.6 is 22.7 Å². The molecule has 0 bridgehead atoms. The van der Waals surface area contributed by atoms with Gasteiger partial charge < -0.3 is 8.83 Å². The zero-order valence-corrected chi connectivity index (χ0v) is 38.4. The van der Waals surface area contributed by atoms with Crippen molar-refractivity contribution in [2.45, 2.75) is 0 Å². The van der Waals surface area contributed by atoms with E-state index in [1.54, 1.807) is 0 Å². The van der Waals surface area contributed by atoms with E-state index in [4.69, 9.17) is 18.8 Å². The van der Waals surface area contributed by atoms with Gasteiger partial charge in [-0.25, -0.2) is 9.97 Å². The van der Waals surface area contributed by atoms with Crippen LogP contribution in [0.1, 0.15) is 0 Å². The molecule has 0 fully saturated rings. The molecule has 0 N–H and O–H groups in total. The molecule has 18 rings (SSSR count). The highest BCUT2D eigenvalue weighted by Gasteiger charge is 2.26. The van der Waals surface area contributed by atoms with Crippen LogP contribution in [-0.4, -0.2) is 18.8 Å². The Morgan fingerprint density at radius 3 is 1.84 bits per heavy atom. The highest BCUT2D eigenvalue weighted by molar-refractivity contribution is 7.26. The van der Waals surface area contributed by atoms with Gasteiger partial charge >= 0.3 is 0 Å². The summed E-state index contributed by atoms with van der Waals surface area (Å²) in [6.45, 7) is 0. The number of nitrogens with zero attached hydrogens (tertiary/aromatic N) is 4. The van der Waals surface area contributed by atoms with E-state index in [1.165, 1.54) is 51.3 Å². The molecule has 8 heterocycles. The Hall–Kier alpha value is -8.82. The second kappa shape index (κ2) is 12.6. The summed E-state index contributed by atoms with van der Waals surface area (Å²) in [5, 5.41) is 16.2. The number of imidazole rings is 2. The molecule has 322 valence electrons. The summed E-state index contributed by atoms with van der Waals surface area (Å²) in [4.78, 5) is 11.1. The van der Waals surface area contributed by atoms with Gasteiger partial charge in [-0.1, -0.05) is 103 Å². The molecule has 0 aliphatic heterocycles. The number of hydrogen-bond acceptors (Lipinski definition) is 6. The second-order valence-electron chi connectivity index (χ2n) is 18.7. The molecule has 0 saturated heterocycles. The number of fused-ring (bicyclic) bond motifs is 32. The van der Waals surface area contributed by atoms with Crippen molar-refractivity contribution in [3.05, 3.63) is 182 Å². The number of thiophene rings is 2. The fourth-order valence-corrected chi connectivity index (χ4v) is 14.7. The molecule has 0 spiro atoms. The molecule has 0 aliphatic carbocycles. The first kappa shape index (κ1) is 36.3. The molecule has 0 atom stereocenters. The number of furan rings is 2. The average Bonchev–Trinajstić information content (AvgIpc) is 4.27. The fraction of sp³-hybridized carbons (Fsp3) is 0. The predicted octanol–water partition coefficient (Wildman–Crippen LogP) is 18.1. The first-order chi connectivity index (χ1) is 34.7. The van der Waals surface area contributed by atoms with Crippen molar-refractivity contribution < 1.29 is 8.83 Å². The molecule has 0 radical (unpaired) electrons. The van der Waals surface area contributed by atoms with Gasteiger partial charge in [0, 0.05) is 83.6 Å². The molecular formula is C62H30N4O2S2. The fourth-order valence-electron chi connectivity index (χ4n) is 12.4. The molecule has 8 heteroatoms. The Balaban J connectivity index is 1.04. The van der Waals surface area contributed by atoms with Crippen molar-refractivity contribution in [1.82, 2.24) is 18.8 Å². The van der Waals surface area contributed by atoms with Crippen molar-refractivity contribution >= 4 is 184 Å². The van der Waals surface area contributed by atoms with Crippen LogP contribution in [0.5, 0.6) is 0 Å². The number of para-hydroxylation sites is 4. The van der Waals surface area contributed by atoms with Crippen LogP contribution < -0.4 is 0 Å². The van der Waals surface area contributed by atoms with Gasteiger partial charge in [-0.3, -0.25) is 8.80 Å². The SMILES string of the molecule is c1ccc2c(c1)nc1c3c(cc(-c4ccc5nc6c7c(ccc8sc9ccccc9c87)c7ccc8c9ccccc9oc8c7n6c5c4)c4sc5ccccc5c43)c3ccc4oc5ccccc5c4c3n21. The Labute approximate surface area is 402 Å². The number of rotatable bonds is 1. The van der Waals surface area contributed by atoms with E-state index in [0.29, 0.717) is 0 Å². The van der Waals surface area contributed by atoms with Gasteiger partial charge in [0.15, 0.2) is 5.58 Å². The first-order valence-corrected chi connectivity index (χ1v) is 25.2. The summed E-state index contributed by atoms with van der Waals surface area (Å²) in [5.74, 6) is 0. The number of aromatic nitrogens is 4. The van der Waals surface area contributed by atoms with Crippen molar-refractivity contribution in [3.8, 4) is 11.1 Å². The topological polar surface area (TPSA) is 60.9 Å². The average molecular weight is 927 g/mol. The predicted molar refractivity (Wildman–Crippen MR) is 295 cm³/mol. The maximum absolute atomic E-state index is 6.93. The van der Waals surface area contributed by atoms with Crippen molar-refractivity contribution in [2.24, 2.45) is 0 Å². The zero-order chi connectivity index (χ0) is 45.1. The van der Waals surface area contributed by atoms with Gasteiger partial charge in [0.25, 0.3) is 0 Å². The van der Waals surface area contributed by atoms with E-state index in [0.717, 1.165) is 121 Å². The summed E-state index contributed by atoms with van der Waals surface area (Å²) in [5.41, 5.74) is 13.8. The molecule has 0 saturated carbocycles. The van der Waals surface area contributed by atoms with Gasteiger partial charge in [0.1, 0.15) is 28.0 Å². The van der Waals surface area contributed by atoms with E-state index in [-0.39, 0.29) is 0 Å². The minimum atomic E-state index is 0.860. The van der Waals surface area contributed by atoms with Gasteiger partial charge in [0.2, 0.25) is 0 Å². The van der Waals surface area contributed by atoms with Crippen molar-refractivity contribution in [2.75, 3.05) is 0 Å². The lowest BCUT2D eigenvalue weighted by atomic mass is 9.94. The van der Waals surface area contributed by atoms with Crippen LogP contribution in [0.2, 0.25) is 0 Å². The maximum atomic E-state index is 6.93. The van der Waals surface area contributed by atoms with E-state index < -0.39 is 0 Å². The van der Waals surface area contributed by atoms with Crippen LogP contribution in [0, 0.1) is 0 Å². The van der Waals surface area contributed by atoms with Gasteiger partial charge in [0.05, 0.1) is 38.5 Å². The third-order valence-corrected chi connectivity index (χ3v) is 17.6. The van der Waals surface area contributed by atoms with Crippen molar-refractivity contribution in [3.63, 3.8) is 0 Å². The third kappa shape index (κ3) is 4.37. The van der Waals surface area contributed by atoms with Crippen molar-refractivity contribution in [1.29, 1.82) is 0 Å². The summed E-state index contributed by atoms with van der Waals surface area (Å²) >= 11 is 3.70. The standard InChI is InChI=1S/C62H30N4O2S2/c1-7-17-46-32(11-1)36-23-22-34-33-25-28-51-53(38-13-3-9-19-49(38)69-51)55(33)61-64-43-26-21-31(29-45(43)66(61)58(34)59(36)68-46)40-30-41-35-24-27-48-52(37-12-2-8-18-47(37)67-48)57(35)65-44-16-6-5-15-42(44)63-62(65)56(41)54-39-14-4-10-20-50(39)70-60(40)54/h1-30H. The third-order valence-electron chi connectivity index (χ3n) is 15.2. The normalized spacial score (nSPS) is 12.9. The summed E-state index contributed by atoms with van der Waals surface area (Å²) in [6, 6.07) is 65.8. The Morgan fingerprint density at radius 2 is 0.986 bits per heavy atom. The highest BCUT2D eigenvalue weighted by atomic mass is 32.1. The minimum absolute atomic E-state index is 0.860. The molecule has 10 aromatic carbocycles. The molecule has 6 nitrogen and oxygen atoms in total. The smallest absolute Gasteiger partial charge is 0.160 e. The summed E-state index contributed by atoms with van der Waals surface area (Å²) < 4.78 is 23.3. The molecule has 8 aromatic heterocycles. The second-order valence-corrected chi connectivity index (χ2v) is 20.8. The lowest BCUT2D eigenvalue weighted by Gasteiger charge is -2.14. The summed E-state index contributed by atoms with van der Waals surface area (Å²) in [7, 11) is 0. The lowest BCUT2D eigenvalue weighted by Crippen LogP contribution is -1.94. The van der Waals surface area contributed by atoms with Gasteiger partial charge in [-0.05, 0) is 95.2 Å². The molecule has 0 amide bonds. The molecule has 70 heavy (non-hydrogen) atoms. The molecule has 18 aromatic rings. The molecule has 0 unspecified atom stereocenters. The number of hydrogen-bond donors (Lipinski definition) is 0. The molecule has 0 aliphatic rings. The van der Waals surface area contributed by atoms with Crippen LogP contribution in [0.15, 0.2) is 191 Å². The molecular weight excluding hydrogens is 897 g/mol. The van der Waals surface area contributed by atoms with Crippen LogP contribution in [0.4, 0.5) is 0 Å². The summed E-state index contributed by atoms with van der Waals surface area (Å²) in [6.07, 6.45) is 0. The largest absolute Gasteiger partial charge is 0.456 e. The van der Waals surface area contributed by atoms with E-state index in [2.05, 4.69) is 185 Å². The lowest BCUT2D eigenvalue weighted by molar-refractivity contribution is 0.669. The number of benzene rings is 10. The zero-order valence-electron chi connectivity index (χ0n) is 36.7. The van der Waals surface area contributed by atoms with Gasteiger partial charge in [-0.2, -0.15) is 0 Å². The van der Waals surface area contributed by atoms with E-state index in [9.17, 15) is 0 Å². The van der Waals surface area contributed by atoms with Gasteiger partial charge in [-0.15, -0.1) is 22.7 Å². The quantitative estimate of drug-likeness (QED) is 0.154. The first-order valence-electron chi connectivity index (χ1n) is 23.6.